The molecule has 0 bridgehead atoms. The number of rotatable bonds is 5. The van der Waals surface area contributed by atoms with Crippen LogP contribution in [0.4, 0.5) is 0 Å². The van der Waals surface area contributed by atoms with Crippen molar-refractivity contribution >= 4 is 35.3 Å². The number of aromatic nitrogens is 1. The number of quaternary nitrogens is 1. The minimum atomic E-state index is -0.0387. The molecule has 148 valence electrons. The van der Waals surface area contributed by atoms with Gasteiger partial charge in [-0.2, -0.15) is 10.8 Å². The van der Waals surface area contributed by atoms with Crippen molar-refractivity contribution in [3.63, 3.8) is 0 Å². The summed E-state index contributed by atoms with van der Waals surface area (Å²) in [6.07, 6.45) is 11.3. The fraction of sp³-hybridized carbons (Fsp3) is 0.0455. The Bertz CT molecular complexity index is 1220. The highest BCUT2D eigenvalue weighted by atomic mass is 35.5. The predicted octanol–water partition coefficient (Wildman–Crippen LogP) is 4.68. The Labute approximate surface area is 183 Å². The number of halogens is 2. The van der Waals surface area contributed by atoms with Crippen LogP contribution in [0.1, 0.15) is 11.1 Å². The van der Waals surface area contributed by atoms with Crippen LogP contribution in [-0.4, -0.2) is 21.6 Å². The van der Waals surface area contributed by atoms with Crippen molar-refractivity contribution in [3.05, 3.63) is 105 Å². The molecule has 1 aliphatic carbocycles. The maximum absolute atomic E-state index is 6.74. The molecule has 0 fully saturated rings. The Hall–Kier alpha value is -3.03. The molecular weight excluding hydrogens is 421 g/mol. The third-order valence-electron chi connectivity index (χ3n) is 4.94. The highest BCUT2D eigenvalue weighted by Gasteiger charge is 2.44. The van der Waals surface area contributed by atoms with Gasteiger partial charge in [0, 0.05) is 5.57 Å². The quantitative estimate of drug-likeness (QED) is 0.419. The van der Waals surface area contributed by atoms with E-state index in [0.717, 1.165) is 28.1 Å². The number of nitrogens with two attached hydrogens (primary N) is 1. The number of hydrogen-bond donors (Lipinski definition) is 1. The summed E-state index contributed by atoms with van der Waals surface area (Å²) < 4.78 is 5.91. The van der Waals surface area contributed by atoms with Crippen molar-refractivity contribution in [2.45, 2.75) is 6.61 Å². The van der Waals surface area contributed by atoms with Gasteiger partial charge >= 0.3 is 0 Å². The molecule has 0 amide bonds. The maximum atomic E-state index is 6.74. The second kappa shape index (κ2) is 7.34. The number of ether oxygens (including phenoxy) is 1. The van der Waals surface area contributed by atoms with Crippen LogP contribution in [0.2, 0.25) is 10.3 Å². The van der Waals surface area contributed by atoms with E-state index < -0.39 is 0 Å². The molecule has 5 rings (SSSR count). The number of pyridine rings is 1. The summed E-state index contributed by atoms with van der Waals surface area (Å²) in [5.41, 5.74) is 4.38. The van der Waals surface area contributed by atoms with Crippen LogP contribution in [-0.2, 0) is 6.61 Å². The van der Waals surface area contributed by atoms with Crippen LogP contribution in [0.25, 0.3) is 0 Å². The summed E-state index contributed by atoms with van der Waals surface area (Å²) in [5, 5.41) is 0.655. The number of amidine groups is 1. The van der Waals surface area contributed by atoms with Crippen LogP contribution in [0.3, 0.4) is 0 Å². The summed E-state index contributed by atoms with van der Waals surface area (Å²) in [6, 6.07) is 11.1. The molecule has 3 heterocycles. The van der Waals surface area contributed by atoms with Crippen molar-refractivity contribution in [3.8, 4) is 5.75 Å². The zero-order chi connectivity index (χ0) is 20.7. The molecule has 2 aliphatic heterocycles. The second-order valence-electron chi connectivity index (χ2n) is 6.94. The van der Waals surface area contributed by atoms with Crippen LogP contribution < -0.4 is 10.6 Å². The molecular formula is C22H16Cl2N5O+. The van der Waals surface area contributed by atoms with Crippen molar-refractivity contribution in [1.29, 1.82) is 0 Å². The molecule has 2 N–H and O–H groups in total. The molecule has 1 unspecified atom stereocenters. The minimum absolute atomic E-state index is 0.0387. The Kier molecular flexibility index (Phi) is 4.64. The lowest BCUT2D eigenvalue weighted by atomic mass is 10.0. The van der Waals surface area contributed by atoms with E-state index in [4.69, 9.17) is 38.8 Å². The smallest absolute Gasteiger partial charge is 0.265 e. The van der Waals surface area contributed by atoms with Crippen LogP contribution in [0.15, 0.2) is 94.0 Å². The monoisotopic (exact) mass is 436 g/mol. The fourth-order valence-corrected chi connectivity index (χ4v) is 3.94. The molecule has 6 nitrogen and oxygen atoms in total. The summed E-state index contributed by atoms with van der Waals surface area (Å²) in [4.78, 5) is 13.1. The van der Waals surface area contributed by atoms with Gasteiger partial charge in [-0.15, -0.1) is 4.59 Å². The molecule has 3 aliphatic rings. The van der Waals surface area contributed by atoms with Gasteiger partial charge in [-0.3, -0.25) is 4.99 Å². The molecule has 0 saturated carbocycles. The summed E-state index contributed by atoms with van der Waals surface area (Å²) >= 11 is 11.9. The highest BCUT2D eigenvalue weighted by Crippen LogP contribution is 2.36. The van der Waals surface area contributed by atoms with E-state index in [1.54, 1.807) is 24.5 Å². The van der Waals surface area contributed by atoms with Gasteiger partial charge < -0.3 is 4.74 Å². The fourth-order valence-electron chi connectivity index (χ4n) is 3.43. The molecule has 1 atom stereocenters. The standard InChI is InChI=1S/C22H16Cl2N5O/c23-19-9-14(10-20(24)27-19)13-30-17-6-2-5-16(11-17)22-28-21(15-3-1-4-15)18-12-26-7-8-29(18,22)25/h1-12H,13,25H2/q+1. The summed E-state index contributed by atoms with van der Waals surface area (Å²) in [7, 11) is 0. The van der Waals surface area contributed by atoms with Gasteiger partial charge in [-0.25, -0.2) is 4.98 Å². The lowest BCUT2D eigenvalue weighted by Crippen LogP contribution is -2.53. The molecule has 0 radical (unpaired) electrons. The Morgan fingerprint density at radius 3 is 2.63 bits per heavy atom. The number of hydrogen-bond acceptors (Lipinski definition) is 5. The van der Waals surface area contributed by atoms with Gasteiger partial charge in [0.2, 0.25) is 5.70 Å². The van der Waals surface area contributed by atoms with E-state index in [9.17, 15) is 0 Å². The van der Waals surface area contributed by atoms with Gasteiger partial charge in [0.1, 0.15) is 34.6 Å². The van der Waals surface area contributed by atoms with E-state index >= 15 is 0 Å². The number of aliphatic imine (C=N–C) groups is 2. The second-order valence-corrected chi connectivity index (χ2v) is 7.72. The summed E-state index contributed by atoms with van der Waals surface area (Å²) in [6.45, 7) is 0.305. The maximum Gasteiger partial charge on any atom is 0.265 e. The predicted molar refractivity (Wildman–Crippen MR) is 118 cm³/mol. The molecule has 8 heteroatoms. The van der Waals surface area contributed by atoms with Crippen molar-refractivity contribution in [2.24, 2.45) is 15.8 Å². The van der Waals surface area contributed by atoms with Crippen LogP contribution >= 0.6 is 23.2 Å². The zero-order valence-electron chi connectivity index (χ0n) is 15.7. The molecule has 2 aromatic rings. The van der Waals surface area contributed by atoms with Gasteiger partial charge in [0.15, 0.2) is 0 Å². The molecule has 30 heavy (non-hydrogen) atoms. The minimum Gasteiger partial charge on any atom is -0.489 e. The number of allylic oxidation sites excluding steroid dienone is 4. The Morgan fingerprint density at radius 2 is 1.90 bits per heavy atom. The normalized spacial score (nSPS) is 21.3. The number of fused-ring (bicyclic) bond motifs is 1. The number of benzene rings is 1. The van der Waals surface area contributed by atoms with Gasteiger partial charge in [0.25, 0.3) is 5.84 Å². The first kappa shape index (κ1) is 19.0. The van der Waals surface area contributed by atoms with Crippen LogP contribution in [0.5, 0.6) is 5.75 Å². The van der Waals surface area contributed by atoms with Crippen molar-refractivity contribution in [1.82, 2.24) is 4.98 Å². The van der Waals surface area contributed by atoms with Crippen LogP contribution in [0, 0.1) is 0 Å². The topological polar surface area (TPSA) is 72.9 Å². The van der Waals surface area contributed by atoms with E-state index in [0.29, 0.717) is 28.5 Å². The molecule has 0 spiro atoms. The third kappa shape index (κ3) is 3.30. The molecule has 0 saturated heterocycles. The largest absolute Gasteiger partial charge is 0.489 e. The van der Waals surface area contributed by atoms with E-state index in [2.05, 4.69) is 9.98 Å². The van der Waals surface area contributed by atoms with Gasteiger partial charge in [0.05, 0.1) is 18.0 Å². The first-order valence-corrected chi connectivity index (χ1v) is 9.95. The van der Waals surface area contributed by atoms with Gasteiger partial charge in [-0.05, 0) is 35.9 Å². The van der Waals surface area contributed by atoms with Crippen molar-refractivity contribution < 1.29 is 9.33 Å². The van der Waals surface area contributed by atoms with E-state index in [-0.39, 0.29) is 4.59 Å². The lowest BCUT2D eigenvalue weighted by Gasteiger charge is -2.26. The average Bonchev–Trinajstić information content (AvgIpc) is 2.97. The van der Waals surface area contributed by atoms with E-state index in [1.807, 2.05) is 48.7 Å². The SMILES string of the molecule is N[N+]12C=CN=CC1=C(C1=CC=C1)N=C2c1cccc(OCc2cc(Cl)nc(Cl)c2)c1. The summed E-state index contributed by atoms with van der Waals surface area (Å²) in [5.74, 6) is 8.12. The Morgan fingerprint density at radius 1 is 1.10 bits per heavy atom. The highest BCUT2D eigenvalue weighted by molar-refractivity contribution is 6.32. The first-order valence-electron chi connectivity index (χ1n) is 9.19. The molecule has 1 aromatic heterocycles. The number of nitrogens with zero attached hydrogens (tertiary/aromatic N) is 4. The van der Waals surface area contributed by atoms with E-state index in [1.165, 1.54) is 0 Å². The van der Waals surface area contributed by atoms with Crippen molar-refractivity contribution in [2.75, 3.05) is 0 Å². The first-order chi connectivity index (χ1) is 14.5. The average molecular weight is 437 g/mol. The third-order valence-corrected chi connectivity index (χ3v) is 5.33. The molecule has 1 aromatic carbocycles. The zero-order valence-corrected chi connectivity index (χ0v) is 17.2. The Balaban J connectivity index is 1.44. The van der Waals surface area contributed by atoms with Gasteiger partial charge in [-0.1, -0.05) is 47.5 Å². The lowest BCUT2D eigenvalue weighted by molar-refractivity contribution is -0.750.